The minimum Gasteiger partial charge on any atom is -0.322 e. The number of hydrogen-bond donors (Lipinski definition) is 1. The highest BCUT2D eigenvalue weighted by Crippen LogP contribution is 2.41. The van der Waals surface area contributed by atoms with Gasteiger partial charge in [0.1, 0.15) is 17.1 Å². The van der Waals surface area contributed by atoms with Crippen LogP contribution >= 0.6 is 23.2 Å². The molecule has 1 aromatic heterocycles. The molecule has 154 valence electrons. The first-order chi connectivity index (χ1) is 14.0. The Morgan fingerprint density at radius 2 is 1.86 bits per heavy atom. The molecule has 1 N–H and O–H groups in total. The SMILES string of the molecule is C[n+]1cc(Cl)c(CCC2CC3CCC2CCN3C(=O)Nc2ccccc2)c(Cl)c1. The average molecular weight is 433 g/mol. The molecule has 3 atom stereocenters. The van der Waals surface area contributed by atoms with E-state index in [9.17, 15) is 4.79 Å². The number of carbonyl (C=O) groups excluding carboxylic acids is 1. The largest absolute Gasteiger partial charge is 0.322 e. The van der Waals surface area contributed by atoms with Gasteiger partial charge in [0.05, 0.1) is 0 Å². The fourth-order valence-corrected chi connectivity index (χ4v) is 5.77. The Kier molecular flexibility index (Phi) is 6.31. The molecule has 0 radical (unpaired) electrons. The van der Waals surface area contributed by atoms with Crippen molar-refractivity contribution in [1.82, 2.24) is 4.90 Å². The summed E-state index contributed by atoms with van der Waals surface area (Å²) in [7, 11) is 1.93. The lowest BCUT2D eigenvalue weighted by atomic mass is 9.74. The van der Waals surface area contributed by atoms with Gasteiger partial charge in [0.2, 0.25) is 0 Å². The molecule has 6 heteroatoms. The molecular formula is C23H28Cl2N3O+. The van der Waals surface area contributed by atoms with E-state index in [1.165, 1.54) is 6.42 Å². The number of hydrogen-bond acceptors (Lipinski definition) is 1. The van der Waals surface area contributed by atoms with Gasteiger partial charge in [-0.15, -0.1) is 0 Å². The summed E-state index contributed by atoms with van der Waals surface area (Å²) in [4.78, 5) is 15.0. The highest BCUT2D eigenvalue weighted by Gasteiger charge is 2.38. The van der Waals surface area contributed by atoms with Crippen LogP contribution in [0.1, 0.15) is 37.7 Å². The number of pyridine rings is 1. The smallest absolute Gasteiger partial charge is 0.322 e. The number of rotatable bonds is 4. The van der Waals surface area contributed by atoms with E-state index in [0.717, 1.165) is 59.9 Å². The van der Waals surface area contributed by atoms with Gasteiger partial charge in [-0.2, -0.15) is 0 Å². The summed E-state index contributed by atoms with van der Waals surface area (Å²) in [6.45, 7) is 0.840. The Morgan fingerprint density at radius 1 is 1.14 bits per heavy atom. The molecule has 29 heavy (non-hydrogen) atoms. The standard InChI is InChI=1S/C23H27Cl2N3O/c1-27-14-21(24)20(22(25)15-27)10-8-17-13-19-9-7-16(17)11-12-28(19)23(29)26-18-5-3-2-4-6-18/h2-6,14-17,19H,7-13H2,1H3/p+1. The number of fused-ring (bicyclic) bond motifs is 4. The third-order valence-electron chi connectivity index (χ3n) is 6.56. The number of amides is 2. The quantitative estimate of drug-likeness (QED) is 0.638. The van der Waals surface area contributed by atoms with E-state index < -0.39 is 0 Å². The fourth-order valence-electron chi connectivity index (χ4n) is 5.02. The Balaban J connectivity index is 1.41. The summed E-state index contributed by atoms with van der Waals surface area (Å²) in [5, 5.41) is 4.54. The summed E-state index contributed by atoms with van der Waals surface area (Å²) < 4.78 is 1.89. The molecule has 0 spiro atoms. The Morgan fingerprint density at radius 3 is 2.59 bits per heavy atom. The van der Waals surface area contributed by atoms with E-state index in [1.54, 1.807) is 0 Å². The van der Waals surface area contributed by atoms with Crippen molar-refractivity contribution in [1.29, 1.82) is 0 Å². The monoisotopic (exact) mass is 432 g/mol. The van der Waals surface area contributed by atoms with Gasteiger partial charge in [-0.1, -0.05) is 41.4 Å². The third-order valence-corrected chi connectivity index (χ3v) is 7.21. The van der Waals surface area contributed by atoms with Crippen LogP contribution in [0, 0.1) is 11.8 Å². The Hall–Kier alpha value is -1.78. The van der Waals surface area contributed by atoms with Gasteiger partial charge in [0, 0.05) is 23.8 Å². The molecule has 3 heterocycles. The number of anilines is 1. The lowest BCUT2D eigenvalue weighted by molar-refractivity contribution is -0.671. The van der Waals surface area contributed by atoms with Crippen molar-refractivity contribution in [2.75, 3.05) is 11.9 Å². The van der Waals surface area contributed by atoms with Crippen LogP contribution in [0.4, 0.5) is 10.5 Å². The zero-order valence-electron chi connectivity index (χ0n) is 16.8. The molecule has 2 aromatic rings. The molecule has 2 amide bonds. The predicted molar refractivity (Wildman–Crippen MR) is 117 cm³/mol. The van der Waals surface area contributed by atoms with Crippen LogP contribution in [-0.4, -0.2) is 23.5 Å². The van der Waals surface area contributed by atoms with Crippen molar-refractivity contribution in [2.45, 2.75) is 44.6 Å². The summed E-state index contributed by atoms with van der Waals surface area (Å²) in [5.41, 5.74) is 1.90. The number of nitrogens with zero attached hydrogens (tertiary/aromatic N) is 2. The first kappa shape index (κ1) is 20.5. The van der Waals surface area contributed by atoms with Crippen molar-refractivity contribution in [3.05, 3.63) is 58.3 Å². The predicted octanol–water partition coefficient (Wildman–Crippen LogP) is 5.47. The number of carbonyl (C=O) groups is 1. The number of nitrogens with one attached hydrogen (secondary N) is 1. The van der Waals surface area contributed by atoms with Crippen molar-refractivity contribution in [3.8, 4) is 0 Å². The zero-order valence-corrected chi connectivity index (χ0v) is 18.3. The van der Waals surface area contributed by atoms with Crippen LogP contribution in [0.15, 0.2) is 42.7 Å². The van der Waals surface area contributed by atoms with Crippen molar-refractivity contribution < 1.29 is 9.36 Å². The number of para-hydroxylation sites is 1. The second kappa shape index (κ2) is 8.93. The van der Waals surface area contributed by atoms with Crippen molar-refractivity contribution in [3.63, 3.8) is 0 Å². The molecule has 2 saturated heterocycles. The molecule has 1 aliphatic carbocycles. The molecule has 1 saturated carbocycles. The van der Waals surface area contributed by atoms with Gasteiger partial charge in [-0.05, 0) is 62.5 Å². The molecule has 5 rings (SSSR count). The van der Waals surface area contributed by atoms with Crippen LogP contribution in [0.25, 0.3) is 0 Å². The second-order valence-electron chi connectivity index (χ2n) is 8.40. The van der Waals surface area contributed by atoms with Gasteiger partial charge < -0.3 is 10.2 Å². The zero-order chi connectivity index (χ0) is 20.4. The lowest BCUT2D eigenvalue weighted by Crippen LogP contribution is -2.43. The minimum atomic E-state index is 0.0316. The van der Waals surface area contributed by atoms with Gasteiger partial charge in [0.15, 0.2) is 12.4 Å². The summed E-state index contributed by atoms with van der Waals surface area (Å²) >= 11 is 12.9. The summed E-state index contributed by atoms with van der Waals surface area (Å²) in [6, 6.07) is 10.1. The molecule has 3 unspecified atom stereocenters. The molecular weight excluding hydrogens is 405 g/mol. The maximum absolute atomic E-state index is 12.9. The van der Waals surface area contributed by atoms with Gasteiger partial charge >= 0.3 is 6.03 Å². The highest BCUT2D eigenvalue weighted by molar-refractivity contribution is 6.35. The Labute approximate surface area is 182 Å². The summed E-state index contributed by atoms with van der Waals surface area (Å²) in [5.74, 6) is 1.29. The van der Waals surface area contributed by atoms with E-state index in [-0.39, 0.29) is 6.03 Å². The van der Waals surface area contributed by atoms with Crippen LogP contribution in [-0.2, 0) is 13.5 Å². The molecule has 2 aliphatic heterocycles. The van der Waals surface area contributed by atoms with E-state index in [2.05, 4.69) is 10.2 Å². The number of urea groups is 1. The third kappa shape index (κ3) is 4.70. The average Bonchev–Trinajstić information content (AvgIpc) is 3.00. The molecule has 3 aliphatic rings. The number of aromatic nitrogens is 1. The van der Waals surface area contributed by atoms with Crippen molar-refractivity contribution >= 4 is 34.9 Å². The van der Waals surface area contributed by atoms with Crippen LogP contribution in [0.3, 0.4) is 0 Å². The van der Waals surface area contributed by atoms with Gasteiger partial charge in [0.25, 0.3) is 0 Å². The number of aryl methyl sites for hydroxylation is 1. The van der Waals surface area contributed by atoms with Gasteiger partial charge in [-0.3, -0.25) is 0 Å². The first-order valence-electron chi connectivity index (χ1n) is 10.5. The van der Waals surface area contributed by atoms with E-state index in [4.69, 9.17) is 23.2 Å². The second-order valence-corrected chi connectivity index (χ2v) is 9.22. The van der Waals surface area contributed by atoms with Crippen LogP contribution in [0.5, 0.6) is 0 Å². The van der Waals surface area contributed by atoms with E-state index in [1.807, 2.05) is 54.3 Å². The van der Waals surface area contributed by atoms with Crippen molar-refractivity contribution in [2.24, 2.45) is 18.9 Å². The van der Waals surface area contributed by atoms with Crippen LogP contribution < -0.4 is 9.88 Å². The minimum absolute atomic E-state index is 0.0316. The molecule has 1 aromatic carbocycles. The maximum atomic E-state index is 12.9. The van der Waals surface area contributed by atoms with E-state index >= 15 is 0 Å². The number of benzene rings is 1. The molecule has 3 fully saturated rings. The lowest BCUT2D eigenvalue weighted by Gasteiger charge is -2.35. The molecule has 4 nitrogen and oxygen atoms in total. The maximum Gasteiger partial charge on any atom is 0.322 e. The van der Waals surface area contributed by atoms with Gasteiger partial charge in [-0.25, -0.2) is 9.36 Å². The first-order valence-corrected chi connectivity index (χ1v) is 11.2. The summed E-state index contributed by atoms with van der Waals surface area (Å²) in [6.07, 6.45) is 10.2. The topological polar surface area (TPSA) is 36.2 Å². The highest BCUT2D eigenvalue weighted by atomic mass is 35.5. The van der Waals surface area contributed by atoms with E-state index in [0.29, 0.717) is 17.9 Å². The molecule has 2 bridgehead atoms. The number of halogens is 2. The normalized spacial score (nSPS) is 23.7. The van der Waals surface area contributed by atoms with Crippen LogP contribution in [0.2, 0.25) is 10.0 Å². The fraction of sp³-hybridized carbons (Fsp3) is 0.478. The Bertz CT molecular complexity index is 851.